The number of halogens is 2. The van der Waals surface area contributed by atoms with E-state index in [1.807, 2.05) is 6.92 Å². The lowest BCUT2D eigenvalue weighted by Gasteiger charge is -2.42. The molecule has 0 aromatic heterocycles. The first-order valence-electron chi connectivity index (χ1n) is 12.0. The Morgan fingerprint density at radius 2 is 2.06 bits per heavy atom. The van der Waals surface area contributed by atoms with Crippen molar-refractivity contribution in [3.63, 3.8) is 0 Å². The average Bonchev–Trinajstić information content (AvgIpc) is 3.04. The summed E-state index contributed by atoms with van der Waals surface area (Å²) < 4.78 is 53.5. The molecule has 10 heteroatoms. The van der Waals surface area contributed by atoms with E-state index in [2.05, 4.69) is 26.6 Å². The summed E-state index contributed by atoms with van der Waals surface area (Å²) >= 11 is 0. The number of anilines is 2. The Hall–Kier alpha value is -2.72. The molecule has 1 amide bonds. The number of nitrogens with zero attached hydrogens (tertiary/aromatic N) is 1. The SMILES string of the molecule is CCCCCc1cc(F)cc2c1NC(=O)C2(C)N1CCC[C@@H](Nc2cccc(OS(=O)(=O)F)c2)C1. The number of carbonyl (C=O) groups is 1. The lowest BCUT2D eigenvalue weighted by Crippen LogP contribution is -2.55. The molecule has 190 valence electrons. The minimum absolute atomic E-state index is 0.0627. The van der Waals surface area contributed by atoms with Crippen molar-refractivity contribution < 1.29 is 25.7 Å². The van der Waals surface area contributed by atoms with E-state index in [0.29, 0.717) is 30.8 Å². The van der Waals surface area contributed by atoms with Gasteiger partial charge in [-0.05, 0) is 69.0 Å². The van der Waals surface area contributed by atoms with Gasteiger partial charge in [-0.1, -0.05) is 29.7 Å². The highest BCUT2D eigenvalue weighted by Crippen LogP contribution is 2.44. The number of hydrogen-bond donors (Lipinski definition) is 2. The van der Waals surface area contributed by atoms with E-state index in [1.54, 1.807) is 12.1 Å². The molecule has 0 aliphatic carbocycles. The Kier molecular flexibility index (Phi) is 7.32. The molecule has 1 unspecified atom stereocenters. The van der Waals surface area contributed by atoms with Crippen LogP contribution in [0.5, 0.6) is 5.75 Å². The molecule has 2 atom stereocenters. The van der Waals surface area contributed by atoms with Gasteiger partial charge >= 0.3 is 10.5 Å². The van der Waals surface area contributed by atoms with Gasteiger partial charge in [0.1, 0.15) is 17.1 Å². The van der Waals surface area contributed by atoms with Gasteiger partial charge in [0.2, 0.25) is 5.91 Å². The Morgan fingerprint density at radius 3 is 2.80 bits per heavy atom. The van der Waals surface area contributed by atoms with Gasteiger partial charge < -0.3 is 14.8 Å². The first kappa shape index (κ1) is 25.4. The van der Waals surface area contributed by atoms with Gasteiger partial charge in [0, 0.05) is 35.6 Å². The standard InChI is InChI=1S/C25H31F2N3O4S/c1-3-4-5-8-17-13-18(26)14-22-23(17)29-24(31)25(22,2)30-12-7-10-20(16-30)28-19-9-6-11-21(15-19)34-35(27,32)33/h6,9,11,13-15,20,28H,3-5,7-8,10,12,16H2,1-2H3,(H,29,31)/t20-,25?/m1/s1. The van der Waals surface area contributed by atoms with Gasteiger partial charge in [-0.15, -0.1) is 0 Å². The molecule has 1 saturated heterocycles. The van der Waals surface area contributed by atoms with Crippen LogP contribution in [0.15, 0.2) is 36.4 Å². The maximum Gasteiger partial charge on any atom is 0.488 e. The van der Waals surface area contributed by atoms with E-state index in [9.17, 15) is 21.5 Å². The number of rotatable bonds is 9. The molecule has 2 N–H and O–H groups in total. The highest BCUT2D eigenvalue weighted by atomic mass is 32.3. The van der Waals surface area contributed by atoms with E-state index >= 15 is 0 Å². The third-order valence-electron chi connectivity index (χ3n) is 6.89. The second-order valence-corrected chi connectivity index (χ2v) is 10.4. The molecule has 7 nitrogen and oxygen atoms in total. The van der Waals surface area contributed by atoms with Crippen LogP contribution in [0, 0.1) is 5.82 Å². The van der Waals surface area contributed by atoms with E-state index in [1.165, 1.54) is 24.3 Å². The second kappa shape index (κ2) is 10.1. The minimum Gasteiger partial charge on any atom is -0.381 e. The molecule has 1 fully saturated rings. The van der Waals surface area contributed by atoms with E-state index in [0.717, 1.165) is 43.4 Å². The van der Waals surface area contributed by atoms with Crippen molar-refractivity contribution in [3.05, 3.63) is 53.3 Å². The zero-order valence-corrected chi connectivity index (χ0v) is 20.8. The molecule has 2 aliphatic rings. The predicted octanol–water partition coefficient (Wildman–Crippen LogP) is 4.90. The van der Waals surface area contributed by atoms with Crippen LogP contribution in [0.3, 0.4) is 0 Å². The van der Waals surface area contributed by atoms with E-state index < -0.39 is 16.0 Å². The van der Waals surface area contributed by atoms with Gasteiger partial charge in [0.15, 0.2) is 0 Å². The summed E-state index contributed by atoms with van der Waals surface area (Å²) in [6, 6.07) is 8.98. The van der Waals surface area contributed by atoms with Crippen molar-refractivity contribution in [2.75, 3.05) is 23.7 Å². The van der Waals surface area contributed by atoms with Crippen LogP contribution in [0.2, 0.25) is 0 Å². The molecule has 0 saturated carbocycles. The number of piperidine rings is 1. The molecule has 2 aliphatic heterocycles. The highest BCUT2D eigenvalue weighted by Gasteiger charge is 2.49. The van der Waals surface area contributed by atoms with Crippen molar-refractivity contribution in [3.8, 4) is 5.75 Å². The second-order valence-electron chi connectivity index (χ2n) is 9.40. The maximum absolute atomic E-state index is 14.6. The fourth-order valence-electron chi connectivity index (χ4n) is 5.12. The first-order chi connectivity index (χ1) is 16.6. The molecular formula is C25H31F2N3O4S. The number of hydrogen-bond acceptors (Lipinski definition) is 6. The summed E-state index contributed by atoms with van der Waals surface area (Å²) in [5, 5.41) is 6.35. The zero-order chi connectivity index (χ0) is 25.2. The fraction of sp³-hybridized carbons (Fsp3) is 0.480. The van der Waals surface area contributed by atoms with Crippen LogP contribution in [0.25, 0.3) is 0 Å². The summed E-state index contributed by atoms with van der Waals surface area (Å²) in [4.78, 5) is 15.4. The molecular weight excluding hydrogens is 476 g/mol. The van der Waals surface area contributed by atoms with Crippen molar-refractivity contribution >= 4 is 27.8 Å². The average molecular weight is 508 g/mol. The van der Waals surface area contributed by atoms with Crippen LogP contribution >= 0.6 is 0 Å². The Labute approximate surface area is 205 Å². The number of fused-ring (bicyclic) bond motifs is 1. The number of aryl methyl sites for hydroxylation is 1. The summed E-state index contributed by atoms with van der Waals surface area (Å²) in [5.41, 5.74) is 1.78. The summed E-state index contributed by atoms with van der Waals surface area (Å²) in [5.74, 6) is -0.643. The van der Waals surface area contributed by atoms with Crippen LogP contribution in [0.1, 0.15) is 57.1 Å². The third kappa shape index (κ3) is 5.59. The maximum atomic E-state index is 14.6. The van der Waals surface area contributed by atoms with Gasteiger partial charge in [-0.2, -0.15) is 8.42 Å². The predicted molar refractivity (Wildman–Crippen MR) is 131 cm³/mol. The lowest BCUT2D eigenvalue weighted by atomic mass is 9.87. The molecule has 4 rings (SSSR count). The van der Waals surface area contributed by atoms with Crippen LogP contribution < -0.4 is 14.8 Å². The number of carbonyl (C=O) groups excluding carboxylic acids is 1. The van der Waals surface area contributed by atoms with Gasteiger partial charge in [0.05, 0.1) is 0 Å². The Morgan fingerprint density at radius 1 is 1.26 bits per heavy atom. The molecule has 0 radical (unpaired) electrons. The molecule has 2 aromatic rings. The Bertz CT molecular complexity index is 1210. The van der Waals surface area contributed by atoms with E-state index in [-0.39, 0.29) is 23.5 Å². The van der Waals surface area contributed by atoms with Crippen LogP contribution in [0.4, 0.5) is 19.7 Å². The summed E-state index contributed by atoms with van der Waals surface area (Å²) in [7, 11) is -5.12. The molecule has 2 aromatic carbocycles. The monoisotopic (exact) mass is 507 g/mol. The lowest BCUT2D eigenvalue weighted by molar-refractivity contribution is -0.127. The smallest absolute Gasteiger partial charge is 0.381 e. The zero-order valence-electron chi connectivity index (χ0n) is 19.9. The first-order valence-corrected chi connectivity index (χ1v) is 13.3. The van der Waals surface area contributed by atoms with Crippen molar-refractivity contribution in [1.82, 2.24) is 4.90 Å². The van der Waals surface area contributed by atoms with Crippen molar-refractivity contribution in [2.24, 2.45) is 0 Å². The van der Waals surface area contributed by atoms with Crippen LogP contribution in [-0.2, 0) is 27.3 Å². The number of unbranched alkanes of at least 4 members (excludes halogenated alkanes) is 2. The molecule has 2 heterocycles. The number of likely N-dealkylation sites (tertiary alicyclic amines) is 1. The van der Waals surface area contributed by atoms with Gasteiger partial charge in [-0.3, -0.25) is 9.69 Å². The quantitative estimate of drug-likeness (QED) is 0.371. The van der Waals surface area contributed by atoms with E-state index in [4.69, 9.17) is 0 Å². The largest absolute Gasteiger partial charge is 0.488 e. The van der Waals surface area contributed by atoms with Gasteiger partial charge in [0.25, 0.3) is 0 Å². The minimum atomic E-state index is -5.12. The number of nitrogens with one attached hydrogen (secondary N) is 2. The fourth-order valence-corrected chi connectivity index (χ4v) is 5.45. The van der Waals surface area contributed by atoms with Crippen molar-refractivity contribution in [2.45, 2.75) is 64.0 Å². The topological polar surface area (TPSA) is 87.7 Å². The molecule has 0 spiro atoms. The third-order valence-corrected chi connectivity index (χ3v) is 7.29. The Balaban J connectivity index is 1.54. The number of benzene rings is 2. The van der Waals surface area contributed by atoms with Crippen molar-refractivity contribution in [1.29, 1.82) is 0 Å². The molecule has 35 heavy (non-hydrogen) atoms. The molecule has 0 bridgehead atoms. The summed E-state index contributed by atoms with van der Waals surface area (Å²) in [6.07, 6.45) is 5.37. The normalized spacial score (nSPS) is 22.5. The summed E-state index contributed by atoms with van der Waals surface area (Å²) in [6.45, 7) is 5.14. The van der Waals surface area contributed by atoms with Gasteiger partial charge in [-0.25, -0.2) is 4.39 Å². The van der Waals surface area contributed by atoms with Crippen LogP contribution in [-0.4, -0.2) is 38.4 Å². The highest BCUT2D eigenvalue weighted by molar-refractivity contribution is 7.81. The number of amides is 1.